The van der Waals surface area contributed by atoms with Gasteiger partial charge in [-0.1, -0.05) is 38.8 Å². The van der Waals surface area contributed by atoms with E-state index in [9.17, 15) is 0 Å². The first-order valence-corrected chi connectivity index (χ1v) is 9.10. The molecule has 0 atom stereocenters. The first-order chi connectivity index (χ1) is 11.1. The molecule has 1 aliphatic carbocycles. The molecule has 5 nitrogen and oxygen atoms in total. The zero-order valence-electron chi connectivity index (χ0n) is 15.2. The Balaban J connectivity index is 2.02. The number of aliphatic imine (C=N–C) groups is 1. The zero-order chi connectivity index (χ0) is 16.7. The number of aryl methyl sites for hydroxylation is 2. The van der Waals surface area contributed by atoms with Crippen LogP contribution in [0.1, 0.15) is 70.4 Å². The second-order valence-electron chi connectivity index (χ2n) is 6.80. The number of hydrogen-bond acceptors (Lipinski definition) is 3. The number of rotatable bonds is 7. The van der Waals surface area contributed by atoms with E-state index in [2.05, 4.69) is 43.5 Å². The Labute approximate surface area is 140 Å². The van der Waals surface area contributed by atoms with E-state index in [1.165, 1.54) is 25.7 Å². The molecule has 1 fully saturated rings. The molecule has 0 bridgehead atoms. The van der Waals surface area contributed by atoms with Crippen molar-refractivity contribution in [3.8, 4) is 0 Å². The van der Waals surface area contributed by atoms with Crippen molar-refractivity contribution in [2.24, 2.45) is 10.4 Å². The Morgan fingerprint density at radius 2 is 1.91 bits per heavy atom. The van der Waals surface area contributed by atoms with Gasteiger partial charge in [-0.2, -0.15) is 0 Å². The Morgan fingerprint density at radius 1 is 1.17 bits per heavy atom. The Kier molecular flexibility index (Phi) is 6.48. The topological polar surface area (TPSA) is 62.5 Å². The van der Waals surface area contributed by atoms with Crippen LogP contribution in [0.3, 0.4) is 0 Å². The van der Waals surface area contributed by atoms with Crippen molar-refractivity contribution in [1.29, 1.82) is 0 Å². The van der Waals surface area contributed by atoms with E-state index in [0.29, 0.717) is 12.0 Å². The summed E-state index contributed by atoms with van der Waals surface area (Å²) >= 11 is 0. The lowest BCUT2D eigenvalue weighted by molar-refractivity contribution is 0.334. The SMILES string of the molecule is CCNC(=NCc1c(CC)noc1CC)NCC1(C)CCCC1. The van der Waals surface area contributed by atoms with Gasteiger partial charge in [0.25, 0.3) is 0 Å². The lowest BCUT2D eigenvalue weighted by Crippen LogP contribution is -2.42. The summed E-state index contributed by atoms with van der Waals surface area (Å²) in [6.45, 7) is 11.2. The van der Waals surface area contributed by atoms with Crippen molar-refractivity contribution in [2.45, 2.75) is 72.8 Å². The highest BCUT2D eigenvalue weighted by Crippen LogP contribution is 2.36. The van der Waals surface area contributed by atoms with Crippen molar-refractivity contribution in [3.63, 3.8) is 0 Å². The summed E-state index contributed by atoms with van der Waals surface area (Å²) in [4.78, 5) is 4.76. The monoisotopic (exact) mass is 320 g/mol. The lowest BCUT2D eigenvalue weighted by Gasteiger charge is -2.25. The fourth-order valence-corrected chi connectivity index (χ4v) is 3.32. The van der Waals surface area contributed by atoms with Gasteiger partial charge in [0, 0.05) is 25.1 Å². The molecule has 2 N–H and O–H groups in total. The Hall–Kier alpha value is -1.52. The predicted molar refractivity (Wildman–Crippen MR) is 94.7 cm³/mol. The van der Waals surface area contributed by atoms with Crippen LogP contribution >= 0.6 is 0 Å². The average Bonchev–Trinajstić information content (AvgIpc) is 3.16. The number of nitrogens with one attached hydrogen (secondary N) is 2. The predicted octanol–water partition coefficient (Wildman–Crippen LogP) is 3.43. The van der Waals surface area contributed by atoms with E-state index in [1.54, 1.807) is 0 Å². The molecule has 5 heteroatoms. The van der Waals surface area contributed by atoms with Crippen molar-refractivity contribution in [1.82, 2.24) is 15.8 Å². The first-order valence-electron chi connectivity index (χ1n) is 9.10. The minimum absolute atomic E-state index is 0.413. The van der Waals surface area contributed by atoms with Crippen LogP contribution in [0.25, 0.3) is 0 Å². The van der Waals surface area contributed by atoms with Gasteiger partial charge < -0.3 is 15.2 Å². The zero-order valence-corrected chi connectivity index (χ0v) is 15.2. The molecule has 0 amide bonds. The molecule has 2 rings (SSSR count). The molecule has 1 aromatic heterocycles. The van der Waals surface area contributed by atoms with Crippen LogP contribution in [0.2, 0.25) is 0 Å². The number of nitrogens with zero attached hydrogens (tertiary/aromatic N) is 2. The molecule has 0 aliphatic heterocycles. The van der Waals surface area contributed by atoms with Crippen molar-refractivity contribution in [3.05, 3.63) is 17.0 Å². The van der Waals surface area contributed by atoms with Crippen LogP contribution in [0.15, 0.2) is 9.52 Å². The van der Waals surface area contributed by atoms with Crippen LogP contribution in [-0.2, 0) is 19.4 Å². The lowest BCUT2D eigenvalue weighted by atomic mass is 9.89. The summed E-state index contributed by atoms with van der Waals surface area (Å²) in [5, 5.41) is 11.0. The highest BCUT2D eigenvalue weighted by molar-refractivity contribution is 5.79. The molecule has 0 saturated heterocycles. The maximum Gasteiger partial charge on any atom is 0.191 e. The van der Waals surface area contributed by atoms with E-state index in [4.69, 9.17) is 9.52 Å². The maximum absolute atomic E-state index is 5.43. The maximum atomic E-state index is 5.43. The summed E-state index contributed by atoms with van der Waals surface area (Å²) in [6, 6.07) is 0. The molecule has 0 radical (unpaired) electrons. The van der Waals surface area contributed by atoms with E-state index in [1.807, 2.05) is 0 Å². The van der Waals surface area contributed by atoms with Crippen LogP contribution in [-0.4, -0.2) is 24.2 Å². The summed E-state index contributed by atoms with van der Waals surface area (Å²) in [6.07, 6.45) is 7.07. The van der Waals surface area contributed by atoms with Gasteiger partial charge in [0.15, 0.2) is 5.96 Å². The molecule has 0 aromatic carbocycles. The standard InChI is InChI=1S/C18H32N4O/c1-5-15-14(16(6-2)23-22-15)12-20-17(19-7-3)21-13-18(4)10-8-9-11-18/h5-13H2,1-4H3,(H2,19,20,21). The van der Waals surface area contributed by atoms with Gasteiger partial charge in [-0.15, -0.1) is 0 Å². The summed E-state index contributed by atoms with van der Waals surface area (Å²) in [7, 11) is 0. The van der Waals surface area contributed by atoms with E-state index in [-0.39, 0.29) is 0 Å². The van der Waals surface area contributed by atoms with Gasteiger partial charge in [-0.05, 0) is 31.6 Å². The quantitative estimate of drug-likeness (QED) is 0.597. The van der Waals surface area contributed by atoms with Crippen LogP contribution in [0, 0.1) is 5.41 Å². The number of aromatic nitrogens is 1. The van der Waals surface area contributed by atoms with E-state index >= 15 is 0 Å². The molecular weight excluding hydrogens is 288 g/mol. The third-order valence-electron chi connectivity index (χ3n) is 4.84. The van der Waals surface area contributed by atoms with Gasteiger partial charge in [0.2, 0.25) is 0 Å². The number of guanidine groups is 1. The van der Waals surface area contributed by atoms with Crippen molar-refractivity contribution >= 4 is 5.96 Å². The molecule has 23 heavy (non-hydrogen) atoms. The summed E-state index contributed by atoms with van der Waals surface area (Å²) in [5.74, 6) is 1.86. The Bertz CT molecular complexity index is 494. The fourth-order valence-electron chi connectivity index (χ4n) is 3.32. The van der Waals surface area contributed by atoms with Gasteiger partial charge >= 0.3 is 0 Å². The highest BCUT2D eigenvalue weighted by atomic mass is 16.5. The van der Waals surface area contributed by atoms with Crippen LogP contribution in [0.4, 0.5) is 0 Å². The number of hydrogen-bond donors (Lipinski definition) is 2. The molecule has 1 aliphatic rings. The molecular formula is C18H32N4O. The van der Waals surface area contributed by atoms with Gasteiger partial charge in [0.05, 0.1) is 12.2 Å². The molecule has 0 unspecified atom stereocenters. The fraction of sp³-hybridized carbons (Fsp3) is 0.778. The van der Waals surface area contributed by atoms with Gasteiger partial charge in [-0.25, -0.2) is 4.99 Å². The van der Waals surface area contributed by atoms with E-state index in [0.717, 1.165) is 48.9 Å². The Morgan fingerprint density at radius 3 is 2.52 bits per heavy atom. The first kappa shape index (κ1) is 17.8. The van der Waals surface area contributed by atoms with Gasteiger partial charge in [-0.3, -0.25) is 0 Å². The average molecular weight is 320 g/mol. The molecule has 1 aromatic rings. The smallest absolute Gasteiger partial charge is 0.191 e. The van der Waals surface area contributed by atoms with Crippen molar-refractivity contribution < 1.29 is 4.52 Å². The largest absolute Gasteiger partial charge is 0.361 e. The van der Waals surface area contributed by atoms with Crippen molar-refractivity contribution in [2.75, 3.05) is 13.1 Å². The van der Waals surface area contributed by atoms with Crippen LogP contribution in [0.5, 0.6) is 0 Å². The molecule has 130 valence electrons. The summed E-state index contributed by atoms with van der Waals surface area (Å²) in [5.41, 5.74) is 2.60. The minimum atomic E-state index is 0.413. The third kappa shape index (κ3) is 4.72. The van der Waals surface area contributed by atoms with E-state index < -0.39 is 0 Å². The summed E-state index contributed by atoms with van der Waals surface area (Å²) < 4.78 is 5.43. The minimum Gasteiger partial charge on any atom is -0.361 e. The van der Waals surface area contributed by atoms with Crippen LogP contribution < -0.4 is 10.6 Å². The van der Waals surface area contributed by atoms with Gasteiger partial charge in [0.1, 0.15) is 5.76 Å². The molecule has 0 spiro atoms. The second kappa shape index (κ2) is 8.37. The molecule has 1 saturated carbocycles. The second-order valence-corrected chi connectivity index (χ2v) is 6.80. The molecule has 1 heterocycles. The normalized spacial score (nSPS) is 17.5. The highest BCUT2D eigenvalue weighted by Gasteiger charge is 2.28. The third-order valence-corrected chi connectivity index (χ3v) is 4.84.